The molecule has 0 N–H and O–H groups in total. The third-order valence-electron chi connectivity index (χ3n) is 1.75. The van der Waals surface area contributed by atoms with Crippen molar-refractivity contribution in [3.8, 4) is 6.07 Å². The summed E-state index contributed by atoms with van der Waals surface area (Å²) >= 11 is 7.34. The summed E-state index contributed by atoms with van der Waals surface area (Å²) in [4.78, 5) is 3.92. The van der Waals surface area contributed by atoms with Crippen molar-refractivity contribution >= 4 is 34.2 Å². The summed E-state index contributed by atoms with van der Waals surface area (Å²) in [5.41, 5.74) is 0.498. The van der Waals surface area contributed by atoms with Gasteiger partial charge in [-0.2, -0.15) is 5.26 Å². The van der Waals surface area contributed by atoms with Crippen molar-refractivity contribution < 1.29 is 8.78 Å². The first kappa shape index (κ1) is 12.6. The molecule has 0 unspecified atom stereocenters. The van der Waals surface area contributed by atoms with E-state index in [0.717, 1.165) is 0 Å². The molecule has 0 aromatic carbocycles. The van der Waals surface area contributed by atoms with E-state index in [9.17, 15) is 8.78 Å². The van der Waals surface area contributed by atoms with Crippen molar-refractivity contribution in [3.63, 3.8) is 0 Å². The predicted molar refractivity (Wildman–Crippen MR) is 60.8 cm³/mol. The molecule has 0 amide bonds. The third-order valence-corrected chi connectivity index (χ3v) is 2.89. The van der Waals surface area contributed by atoms with Crippen LogP contribution >= 0.6 is 34.2 Å². The Morgan fingerprint density at radius 2 is 2.27 bits per heavy atom. The second-order valence-electron chi connectivity index (χ2n) is 2.73. The molecule has 2 nitrogen and oxygen atoms in total. The number of rotatable bonds is 3. The van der Waals surface area contributed by atoms with Crippen molar-refractivity contribution in [2.75, 3.05) is 0 Å². The molecular formula is C9H6ClF2IN2. The Labute approximate surface area is 104 Å². The van der Waals surface area contributed by atoms with Gasteiger partial charge in [-0.25, -0.2) is 8.78 Å². The maximum absolute atomic E-state index is 12.6. The molecule has 1 rings (SSSR count). The lowest BCUT2D eigenvalue weighted by atomic mass is 10.1. The minimum atomic E-state index is -2.59. The van der Waals surface area contributed by atoms with Gasteiger partial charge in [0.15, 0.2) is 0 Å². The summed E-state index contributed by atoms with van der Waals surface area (Å²) in [6.07, 6.45) is -2.49. The number of hydrogen-bond acceptors (Lipinski definition) is 2. The molecule has 0 bridgehead atoms. The topological polar surface area (TPSA) is 36.7 Å². The van der Waals surface area contributed by atoms with Crippen LogP contribution in [-0.2, 0) is 12.3 Å². The highest BCUT2D eigenvalue weighted by atomic mass is 127. The van der Waals surface area contributed by atoms with E-state index in [4.69, 9.17) is 16.9 Å². The molecule has 15 heavy (non-hydrogen) atoms. The van der Waals surface area contributed by atoms with Crippen LogP contribution in [-0.4, -0.2) is 4.98 Å². The van der Waals surface area contributed by atoms with Gasteiger partial charge in [-0.1, -0.05) is 0 Å². The molecule has 1 aromatic rings. The summed E-state index contributed by atoms with van der Waals surface area (Å²) in [5, 5.41) is 8.48. The highest BCUT2D eigenvalue weighted by molar-refractivity contribution is 14.1. The van der Waals surface area contributed by atoms with Crippen LogP contribution in [0.4, 0.5) is 8.78 Å². The summed E-state index contributed by atoms with van der Waals surface area (Å²) < 4.78 is 25.7. The van der Waals surface area contributed by atoms with E-state index in [2.05, 4.69) is 4.98 Å². The van der Waals surface area contributed by atoms with E-state index in [0.29, 0.717) is 9.26 Å². The van der Waals surface area contributed by atoms with E-state index in [1.54, 1.807) is 22.6 Å². The second kappa shape index (κ2) is 5.56. The standard InChI is InChI=1S/C9H6ClF2IN2/c10-4-7-8(9(11)12)6(13)3-5(15-7)1-2-14/h3,9H,1,4H2. The molecular weight excluding hydrogens is 336 g/mol. The number of pyridine rings is 1. The zero-order valence-corrected chi connectivity index (χ0v) is 10.4. The average Bonchev–Trinajstić information content (AvgIpc) is 2.16. The Kier molecular flexibility index (Phi) is 4.67. The van der Waals surface area contributed by atoms with E-state index < -0.39 is 6.43 Å². The molecule has 0 spiro atoms. The van der Waals surface area contributed by atoms with Crippen LogP contribution in [0.25, 0.3) is 0 Å². The molecule has 1 aromatic heterocycles. The average molecular weight is 343 g/mol. The highest BCUT2D eigenvalue weighted by Gasteiger charge is 2.18. The largest absolute Gasteiger partial charge is 0.266 e. The van der Waals surface area contributed by atoms with Crippen molar-refractivity contribution in [1.82, 2.24) is 4.98 Å². The van der Waals surface area contributed by atoms with Gasteiger partial charge in [-0.3, -0.25) is 4.98 Å². The van der Waals surface area contributed by atoms with Gasteiger partial charge in [0.2, 0.25) is 0 Å². The van der Waals surface area contributed by atoms with Crippen molar-refractivity contribution in [2.45, 2.75) is 18.7 Å². The first-order chi connectivity index (χ1) is 7.10. The van der Waals surface area contributed by atoms with Gasteiger partial charge in [-0.05, 0) is 28.7 Å². The van der Waals surface area contributed by atoms with Crippen molar-refractivity contribution in [2.24, 2.45) is 0 Å². The predicted octanol–water partition coefficient (Wildman–Crippen LogP) is 3.43. The number of alkyl halides is 3. The van der Waals surface area contributed by atoms with Gasteiger partial charge < -0.3 is 0 Å². The molecule has 0 saturated heterocycles. The van der Waals surface area contributed by atoms with E-state index in [-0.39, 0.29) is 23.6 Å². The van der Waals surface area contributed by atoms with Crippen LogP contribution in [0.5, 0.6) is 0 Å². The highest BCUT2D eigenvalue weighted by Crippen LogP contribution is 2.28. The second-order valence-corrected chi connectivity index (χ2v) is 4.15. The van der Waals surface area contributed by atoms with E-state index in [1.807, 2.05) is 6.07 Å². The van der Waals surface area contributed by atoms with Crippen molar-refractivity contribution in [1.29, 1.82) is 5.26 Å². The SMILES string of the molecule is N#CCc1cc(I)c(C(F)F)c(CCl)n1. The first-order valence-electron chi connectivity index (χ1n) is 3.99. The van der Waals surface area contributed by atoms with Crippen LogP contribution < -0.4 is 0 Å². The Bertz CT molecular complexity index is 404. The number of nitrogens with zero attached hydrogens (tertiary/aromatic N) is 2. The Balaban J connectivity index is 3.25. The Morgan fingerprint density at radius 1 is 1.60 bits per heavy atom. The fraction of sp³-hybridized carbons (Fsp3) is 0.333. The number of nitriles is 1. The quantitative estimate of drug-likeness (QED) is 0.623. The Hall–Kier alpha value is -0.480. The van der Waals surface area contributed by atoms with Gasteiger partial charge in [-0.15, -0.1) is 11.6 Å². The minimum Gasteiger partial charge on any atom is -0.255 e. The molecule has 0 saturated carbocycles. The molecule has 0 aliphatic heterocycles. The maximum Gasteiger partial charge on any atom is 0.266 e. The van der Waals surface area contributed by atoms with E-state index >= 15 is 0 Å². The molecule has 0 fully saturated rings. The summed E-state index contributed by atoms with van der Waals surface area (Å²) in [6, 6.07) is 3.40. The van der Waals surface area contributed by atoms with Crippen molar-refractivity contribution in [3.05, 3.63) is 26.6 Å². The number of hydrogen-bond donors (Lipinski definition) is 0. The lowest BCUT2D eigenvalue weighted by molar-refractivity contribution is 0.149. The summed E-state index contributed by atoms with van der Waals surface area (Å²) in [6.45, 7) is 0. The van der Waals surface area contributed by atoms with Crippen LogP contribution in [0.15, 0.2) is 6.07 Å². The van der Waals surface area contributed by atoms with Crippen LogP contribution in [0.1, 0.15) is 23.4 Å². The normalized spacial score (nSPS) is 10.4. The van der Waals surface area contributed by atoms with Crippen LogP contribution in [0.2, 0.25) is 0 Å². The van der Waals surface area contributed by atoms with Crippen LogP contribution in [0.3, 0.4) is 0 Å². The molecule has 0 aliphatic rings. The lowest BCUT2D eigenvalue weighted by Gasteiger charge is -2.09. The molecule has 0 aliphatic carbocycles. The van der Waals surface area contributed by atoms with Gasteiger partial charge in [0.05, 0.1) is 35.3 Å². The first-order valence-corrected chi connectivity index (χ1v) is 5.60. The van der Waals surface area contributed by atoms with Gasteiger partial charge in [0.25, 0.3) is 6.43 Å². The van der Waals surface area contributed by atoms with Gasteiger partial charge in [0, 0.05) is 3.57 Å². The Morgan fingerprint density at radius 3 is 2.73 bits per heavy atom. The molecule has 1 heterocycles. The number of halogens is 4. The lowest BCUT2D eigenvalue weighted by Crippen LogP contribution is -2.03. The number of aromatic nitrogens is 1. The fourth-order valence-electron chi connectivity index (χ4n) is 1.13. The molecule has 80 valence electrons. The zero-order chi connectivity index (χ0) is 11.4. The molecule has 0 radical (unpaired) electrons. The van der Waals surface area contributed by atoms with Gasteiger partial charge >= 0.3 is 0 Å². The van der Waals surface area contributed by atoms with Gasteiger partial charge in [0.1, 0.15) is 0 Å². The summed E-state index contributed by atoms with van der Waals surface area (Å²) in [7, 11) is 0. The monoisotopic (exact) mass is 342 g/mol. The smallest absolute Gasteiger partial charge is 0.255 e. The fourth-order valence-corrected chi connectivity index (χ4v) is 2.24. The molecule has 0 atom stereocenters. The third kappa shape index (κ3) is 2.98. The maximum atomic E-state index is 12.6. The minimum absolute atomic E-state index is 0.0745. The van der Waals surface area contributed by atoms with E-state index in [1.165, 1.54) is 6.07 Å². The summed E-state index contributed by atoms with van der Waals surface area (Å²) in [5.74, 6) is -0.0745. The zero-order valence-electron chi connectivity index (χ0n) is 7.48. The molecule has 6 heteroatoms. The van der Waals surface area contributed by atoms with Crippen LogP contribution in [0, 0.1) is 14.9 Å².